The number of nitrogens with zero attached hydrogens (tertiary/aromatic N) is 2. The lowest BCUT2D eigenvalue weighted by atomic mass is 10.2. The van der Waals surface area contributed by atoms with Crippen LogP contribution in [-0.4, -0.2) is 33.2 Å². The van der Waals surface area contributed by atoms with Crippen molar-refractivity contribution in [3.63, 3.8) is 0 Å². The van der Waals surface area contributed by atoms with Gasteiger partial charge in [-0.05, 0) is 12.1 Å². The SMILES string of the molecule is N#Cc1ccc(NC(CC(=O)O)C(=O)O)cn1. The van der Waals surface area contributed by atoms with Gasteiger partial charge in [-0.3, -0.25) is 4.79 Å². The lowest BCUT2D eigenvalue weighted by molar-refractivity contribution is -0.144. The number of pyridine rings is 1. The molecule has 7 nitrogen and oxygen atoms in total. The zero-order chi connectivity index (χ0) is 12.8. The Balaban J connectivity index is 2.75. The van der Waals surface area contributed by atoms with Gasteiger partial charge in [-0.1, -0.05) is 0 Å². The van der Waals surface area contributed by atoms with Crippen molar-refractivity contribution in [2.24, 2.45) is 0 Å². The van der Waals surface area contributed by atoms with Crippen molar-refractivity contribution in [2.75, 3.05) is 5.32 Å². The van der Waals surface area contributed by atoms with Gasteiger partial charge in [-0.25, -0.2) is 9.78 Å². The van der Waals surface area contributed by atoms with Crippen LogP contribution in [0.15, 0.2) is 18.3 Å². The Kier molecular flexibility index (Phi) is 4.00. The van der Waals surface area contributed by atoms with Crippen LogP contribution < -0.4 is 5.32 Å². The van der Waals surface area contributed by atoms with E-state index in [9.17, 15) is 9.59 Å². The number of nitriles is 1. The third-order valence-corrected chi connectivity index (χ3v) is 1.90. The Morgan fingerprint density at radius 2 is 2.18 bits per heavy atom. The van der Waals surface area contributed by atoms with Gasteiger partial charge < -0.3 is 15.5 Å². The Morgan fingerprint density at radius 1 is 1.47 bits per heavy atom. The van der Waals surface area contributed by atoms with Crippen molar-refractivity contribution in [2.45, 2.75) is 12.5 Å². The number of anilines is 1. The number of carboxylic acids is 2. The lowest BCUT2D eigenvalue weighted by Crippen LogP contribution is -2.31. The molecule has 0 aliphatic carbocycles. The van der Waals surface area contributed by atoms with E-state index in [1.165, 1.54) is 18.3 Å². The van der Waals surface area contributed by atoms with Crippen LogP contribution in [0.4, 0.5) is 5.69 Å². The number of hydrogen-bond acceptors (Lipinski definition) is 5. The Labute approximate surface area is 96.3 Å². The van der Waals surface area contributed by atoms with Crippen molar-refractivity contribution in [1.82, 2.24) is 4.98 Å². The number of rotatable bonds is 5. The topological polar surface area (TPSA) is 123 Å². The molecule has 0 amide bonds. The van der Waals surface area contributed by atoms with E-state index in [2.05, 4.69) is 10.3 Å². The first kappa shape index (κ1) is 12.4. The molecule has 1 aromatic heterocycles. The standard InChI is InChI=1S/C10H9N3O4/c11-4-6-1-2-7(5-12-6)13-8(10(16)17)3-9(14)15/h1-2,5,8,13H,3H2,(H,14,15)(H,16,17). The quantitative estimate of drug-likeness (QED) is 0.670. The summed E-state index contributed by atoms with van der Waals surface area (Å²) in [6.07, 6.45) is 0.728. The molecule has 0 aromatic carbocycles. The number of aliphatic carboxylic acids is 2. The van der Waals surface area contributed by atoms with Gasteiger partial charge in [-0.2, -0.15) is 5.26 Å². The van der Waals surface area contributed by atoms with E-state index in [1.54, 1.807) is 0 Å². The largest absolute Gasteiger partial charge is 0.481 e. The third kappa shape index (κ3) is 3.79. The van der Waals surface area contributed by atoms with Crippen molar-refractivity contribution in [3.05, 3.63) is 24.0 Å². The van der Waals surface area contributed by atoms with Crippen molar-refractivity contribution in [1.29, 1.82) is 5.26 Å². The summed E-state index contributed by atoms with van der Waals surface area (Å²) in [5.41, 5.74) is 0.540. The van der Waals surface area contributed by atoms with E-state index in [-0.39, 0.29) is 5.69 Å². The molecule has 88 valence electrons. The zero-order valence-electron chi connectivity index (χ0n) is 8.62. The first-order valence-electron chi connectivity index (χ1n) is 4.60. The minimum atomic E-state index is -1.27. The predicted molar refractivity (Wildman–Crippen MR) is 56.3 cm³/mol. The van der Waals surface area contributed by atoms with Crippen LogP contribution in [0.25, 0.3) is 0 Å². The molecule has 1 aromatic rings. The maximum atomic E-state index is 10.8. The molecule has 3 N–H and O–H groups in total. The summed E-state index contributed by atoms with van der Waals surface area (Å²) in [5, 5.41) is 28.3. The van der Waals surface area contributed by atoms with E-state index in [0.717, 1.165) is 0 Å². The first-order chi connectivity index (χ1) is 8.02. The highest BCUT2D eigenvalue weighted by atomic mass is 16.4. The molecule has 0 fully saturated rings. The molecule has 17 heavy (non-hydrogen) atoms. The molecule has 0 bridgehead atoms. The van der Waals surface area contributed by atoms with Gasteiger partial charge in [0.05, 0.1) is 18.3 Å². The molecule has 0 aliphatic heterocycles. The fourth-order valence-corrected chi connectivity index (χ4v) is 1.12. The smallest absolute Gasteiger partial charge is 0.326 e. The van der Waals surface area contributed by atoms with E-state index in [1.807, 2.05) is 6.07 Å². The van der Waals surface area contributed by atoms with Crippen LogP contribution in [0.2, 0.25) is 0 Å². The molecule has 0 aliphatic rings. The molecule has 1 unspecified atom stereocenters. The normalized spacial score (nSPS) is 11.2. The highest BCUT2D eigenvalue weighted by molar-refractivity contribution is 5.83. The van der Waals surface area contributed by atoms with E-state index < -0.39 is 24.4 Å². The molecule has 1 atom stereocenters. The molecule has 0 radical (unpaired) electrons. The highest BCUT2D eigenvalue weighted by Gasteiger charge is 2.20. The van der Waals surface area contributed by atoms with Crippen LogP contribution in [0.3, 0.4) is 0 Å². The number of hydrogen-bond donors (Lipinski definition) is 3. The van der Waals surface area contributed by atoms with Gasteiger partial charge in [0.15, 0.2) is 0 Å². The maximum absolute atomic E-state index is 10.8. The minimum Gasteiger partial charge on any atom is -0.481 e. The van der Waals surface area contributed by atoms with Gasteiger partial charge in [0.25, 0.3) is 0 Å². The van der Waals surface area contributed by atoms with Crippen LogP contribution >= 0.6 is 0 Å². The third-order valence-electron chi connectivity index (χ3n) is 1.90. The van der Waals surface area contributed by atoms with Gasteiger partial charge in [0, 0.05) is 0 Å². The lowest BCUT2D eigenvalue weighted by Gasteiger charge is -2.13. The van der Waals surface area contributed by atoms with Crippen LogP contribution in [0.1, 0.15) is 12.1 Å². The second kappa shape index (κ2) is 5.46. The first-order valence-corrected chi connectivity index (χ1v) is 4.60. The maximum Gasteiger partial charge on any atom is 0.326 e. The molecule has 1 heterocycles. The van der Waals surface area contributed by atoms with Crippen LogP contribution in [0, 0.1) is 11.3 Å². The summed E-state index contributed by atoms with van der Waals surface area (Å²) in [5.74, 6) is -2.48. The van der Waals surface area contributed by atoms with E-state index in [4.69, 9.17) is 15.5 Å². The monoisotopic (exact) mass is 235 g/mol. The zero-order valence-corrected chi connectivity index (χ0v) is 8.62. The molecule has 7 heteroatoms. The summed E-state index contributed by atoms with van der Waals surface area (Å²) in [7, 11) is 0. The van der Waals surface area contributed by atoms with Crippen molar-refractivity contribution in [3.8, 4) is 6.07 Å². The second-order valence-electron chi connectivity index (χ2n) is 3.18. The average Bonchev–Trinajstić information content (AvgIpc) is 2.28. The summed E-state index contributed by atoms with van der Waals surface area (Å²) in [6.45, 7) is 0. The van der Waals surface area contributed by atoms with Gasteiger partial charge in [-0.15, -0.1) is 0 Å². The number of carboxylic acid groups (broad SMARTS) is 2. The van der Waals surface area contributed by atoms with Crippen molar-refractivity contribution < 1.29 is 19.8 Å². The van der Waals surface area contributed by atoms with Crippen LogP contribution in [-0.2, 0) is 9.59 Å². The summed E-state index contributed by atoms with van der Waals surface area (Å²) in [4.78, 5) is 24.9. The molecule has 0 saturated heterocycles. The van der Waals surface area contributed by atoms with Gasteiger partial charge in [0.2, 0.25) is 0 Å². The van der Waals surface area contributed by atoms with Crippen molar-refractivity contribution >= 4 is 17.6 Å². The molecule has 0 saturated carbocycles. The van der Waals surface area contributed by atoms with Gasteiger partial charge >= 0.3 is 11.9 Å². The van der Waals surface area contributed by atoms with E-state index >= 15 is 0 Å². The number of nitrogens with one attached hydrogen (secondary N) is 1. The summed E-state index contributed by atoms with van der Waals surface area (Å²) < 4.78 is 0. The molecular formula is C10H9N3O4. The summed E-state index contributed by atoms with van der Waals surface area (Å²) >= 11 is 0. The summed E-state index contributed by atoms with van der Waals surface area (Å²) in [6, 6.07) is 3.45. The second-order valence-corrected chi connectivity index (χ2v) is 3.18. The Morgan fingerprint density at radius 3 is 2.59 bits per heavy atom. The van der Waals surface area contributed by atoms with Gasteiger partial charge in [0.1, 0.15) is 17.8 Å². The Bertz CT molecular complexity index is 463. The highest BCUT2D eigenvalue weighted by Crippen LogP contribution is 2.09. The fraction of sp³-hybridized carbons (Fsp3) is 0.200. The molecular weight excluding hydrogens is 226 g/mol. The molecule has 0 spiro atoms. The van der Waals surface area contributed by atoms with Crippen LogP contribution in [0.5, 0.6) is 0 Å². The fourth-order valence-electron chi connectivity index (χ4n) is 1.12. The Hall–Kier alpha value is -2.62. The molecule has 1 rings (SSSR count). The number of carbonyl (C=O) groups is 2. The minimum absolute atomic E-state index is 0.195. The predicted octanol–water partition coefficient (Wildman–Crippen LogP) is 0.293. The average molecular weight is 235 g/mol. The number of aromatic nitrogens is 1. The van der Waals surface area contributed by atoms with E-state index in [0.29, 0.717) is 5.69 Å².